The quantitative estimate of drug-likeness (QED) is 0.242. The van der Waals surface area contributed by atoms with Crippen LogP contribution in [-0.2, 0) is 12.1 Å². The lowest BCUT2D eigenvalue weighted by molar-refractivity contribution is -0.139. The zero-order chi connectivity index (χ0) is 32.9. The van der Waals surface area contributed by atoms with E-state index in [-0.39, 0.29) is 30.2 Å². The highest BCUT2D eigenvalue weighted by atomic mass is 32.2. The molecule has 2 aromatic heterocycles. The molecular formula is C33H40F4N8S. The number of hydrogen-bond donors (Lipinski definition) is 2. The van der Waals surface area contributed by atoms with Crippen LogP contribution in [0.15, 0.2) is 71.1 Å². The van der Waals surface area contributed by atoms with E-state index in [9.17, 15) is 13.2 Å². The highest BCUT2D eigenvalue weighted by molar-refractivity contribution is 8.00. The number of benzene rings is 1. The van der Waals surface area contributed by atoms with Gasteiger partial charge in [0.2, 0.25) is 5.00 Å². The van der Waals surface area contributed by atoms with Crippen molar-refractivity contribution >= 4 is 45.6 Å². The van der Waals surface area contributed by atoms with Crippen LogP contribution in [-0.4, -0.2) is 102 Å². The van der Waals surface area contributed by atoms with E-state index in [4.69, 9.17) is 0 Å². The molecule has 6 rings (SSSR count). The Morgan fingerprint density at radius 1 is 1.20 bits per heavy atom. The maximum absolute atomic E-state index is 15.8. The van der Waals surface area contributed by atoms with Crippen molar-refractivity contribution in [2.45, 2.75) is 36.1 Å². The second-order valence-corrected chi connectivity index (χ2v) is 13.8. The lowest BCUT2D eigenvalue weighted by Crippen LogP contribution is -2.43. The summed E-state index contributed by atoms with van der Waals surface area (Å²) in [7, 11) is 6.01. The zero-order valence-electron chi connectivity index (χ0n) is 26.6. The molecule has 1 fully saturated rings. The summed E-state index contributed by atoms with van der Waals surface area (Å²) in [6.45, 7) is 5.36. The third kappa shape index (κ3) is 6.63. The molecule has 246 valence electrons. The molecule has 1 aromatic carbocycles. The Morgan fingerprint density at radius 2 is 1.98 bits per heavy atom. The fraction of sp³-hybridized carbons (Fsp3) is 0.455. The van der Waals surface area contributed by atoms with E-state index in [1.165, 1.54) is 4.57 Å². The normalized spacial score (nSPS) is 21.4. The van der Waals surface area contributed by atoms with Crippen molar-refractivity contribution in [3.8, 4) is 0 Å². The standard InChI is InChI=1S/C33H40F4N8S/c1-22(23-9-14-44(18-23)31(11-12-31)19-42(2)3)38-16-24-17-39-30(40-24)28-15-25-26(7-6-8-27(25)45(28)21-33(35,36)37)41-29-10-13-43(4)20-32(29,34)46-5/h6-10,14-15,18,38,41H,1,11-13,16-17,19-21H2,2-5H3. The molecule has 1 atom stereocenters. The van der Waals surface area contributed by atoms with Crippen LogP contribution in [0.4, 0.5) is 23.2 Å². The van der Waals surface area contributed by atoms with Crippen molar-refractivity contribution in [3.05, 3.63) is 72.3 Å². The predicted molar refractivity (Wildman–Crippen MR) is 181 cm³/mol. The molecule has 0 amide bonds. The van der Waals surface area contributed by atoms with Crippen LogP contribution in [0.1, 0.15) is 24.1 Å². The maximum atomic E-state index is 15.8. The maximum Gasteiger partial charge on any atom is 0.406 e. The summed E-state index contributed by atoms with van der Waals surface area (Å²) in [4.78, 5) is 13.3. The van der Waals surface area contributed by atoms with Crippen LogP contribution >= 0.6 is 11.8 Å². The molecule has 0 bridgehead atoms. The molecule has 1 aliphatic carbocycles. The number of nitrogens with one attached hydrogen (secondary N) is 2. The number of rotatable bonds is 12. The van der Waals surface area contributed by atoms with Crippen LogP contribution < -0.4 is 10.6 Å². The zero-order valence-corrected chi connectivity index (χ0v) is 27.4. The van der Waals surface area contributed by atoms with E-state index < -0.39 is 17.7 Å². The second kappa shape index (κ2) is 12.2. The highest BCUT2D eigenvalue weighted by Crippen LogP contribution is 2.44. The van der Waals surface area contributed by atoms with Crippen LogP contribution in [0.5, 0.6) is 0 Å². The first-order chi connectivity index (χ1) is 21.8. The second-order valence-electron chi connectivity index (χ2n) is 12.8. The van der Waals surface area contributed by atoms with Crippen LogP contribution in [0, 0.1) is 0 Å². The summed E-state index contributed by atoms with van der Waals surface area (Å²) in [6.07, 6.45) is 5.50. The van der Waals surface area contributed by atoms with E-state index in [0.29, 0.717) is 41.1 Å². The average molecular weight is 657 g/mol. The van der Waals surface area contributed by atoms with E-state index in [1.807, 2.05) is 18.0 Å². The summed E-state index contributed by atoms with van der Waals surface area (Å²) in [5, 5.41) is 5.39. The van der Waals surface area contributed by atoms with Crippen molar-refractivity contribution in [1.29, 1.82) is 0 Å². The molecule has 1 unspecified atom stereocenters. The molecular weight excluding hydrogens is 616 g/mol. The number of aromatic nitrogens is 2. The van der Waals surface area contributed by atoms with Crippen molar-refractivity contribution in [3.63, 3.8) is 0 Å². The van der Waals surface area contributed by atoms with Gasteiger partial charge in [-0.25, -0.2) is 9.38 Å². The van der Waals surface area contributed by atoms with Gasteiger partial charge in [-0.3, -0.25) is 9.89 Å². The van der Waals surface area contributed by atoms with Crippen LogP contribution in [0.25, 0.3) is 16.6 Å². The monoisotopic (exact) mass is 656 g/mol. The lowest BCUT2D eigenvalue weighted by Gasteiger charge is -2.35. The molecule has 3 aliphatic rings. The van der Waals surface area contributed by atoms with Gasteiger partial charge >= 0.3 is 6.18 Å². The molecule has 1 saturated carbocycles. The molecule has 0 spiro atoms. The molecule has 2 N–H and O–H groups in total. The molecule has 8 nitrogen and oxygen atoms in total. The summed E-state index contributed by atoms with van der Waals surface area (Å²) >= 11 is 1.09. The van der Waals surface area contributed by atoms with Gasteiger partial charge in [0.1, 0.15) is 6.54 Å². The summed E-state index contributed by atoms with van der Waals surface area (Å²) < 4.78 is 60.9. The topological polar surface area (TPSA) is 65.1 Å². The van der Waals surface area contributed by atoms with E-state index in [2.05, 4.69) is 63.2 Å². The van der Waals surface area contributed by atoms with Gasteiger partial charge in [0.25, 0.3) is 0 Å². The number of aliphatic imine (C=N–C) groups is 2. The fourth-order valence-corrected chi connectivity index (χ4v) is 7.02. The predicted octanol–water partition coefficient (Wildman–Crippen LogP) is 5.79. The first-order valence-corrected chi connectivity index (χ1v) is 16.5. The summed E-state index contributed by atoms with van der Waals surface area (Å²) in [5.74, 6) is 0.238. The fourth-order valence-electron chi connectivity index (χ4n) is 6.32. The van der Waals surface area contributed by atoms with Gasteiger partial charge in [-0.15, -0.1) is 11.8 Å². The third-order valence-electron chi connectivity index (χ3n) is 8.80. The highest BCUT2D eigenvalue weighted by Gasteiger charge is 2.44. The number of thioether (sulfide) groups is 1. The molecule has 13 heteroatoms. The van der Waals surface area contributed by atoms with Crippen molar-refractivity contribution in [2.24, 2.45) is 9.98 Å². The number of amidine groups is 1. The van der Waals surface area contributed by atoms with Crippen molar-refractivity contribution in [1.82, 2.24) is 24.3 Å². The van der Waals surface area contributed by atoms with E-state index in [0.717, 1.165) is 42.4 Å². The number of fused-ring (bicyclic) bond motifs is 1. The smallest absolute Gasteiger partial charge is 0.380 e. The van der Waals surface area contributed by atoms with Gasteiger partial charge in [0.15, 0.2) is 5.84 Å². The van der Waals surface area contributed by atoms with Crippen LogP contribution in [0.3, 0.4) is 0 Å². The minimum Gasteiger partial charge on any atom is -0.380 e. The number of likely N-dealkylation sites (N-methyl/N-ethyl adjacent to an activating group) is 2. The first kappa shape index (κ1) is 32.4. The van der Waals surface area contributed by atoms with Gasteiger partial charge in [-0.1, -0.05) is 12.6 Å². The molecule has 0 radical (unpaired) electrons. The minimum atomic E-state index is -4.47. The van der Waals surface area contributed by atoms with E-state index >= 15 is 4.39 Å². The van der Waals surface area contributed by atoms with Gasteiger partial charge < -0.3 is 24.7 Å². The Balaban J connectivity index is 1.22. The molecule has 3 aromatic rings. The first-order valence-electron chi connectivity index (χ1n) is 15.3. The van der Waals surface area contributed by atoms with Crippen LogP contribution in [0.2, 0.25) is 0 Å². The Morgan fingerprint density at radius 3 is 2.67 bits per heavy atom. The summed E-state index contributed by atoms with van der Waals surface area (Å²) in [6, 6.07) is 8.77. The Kier molecular flexibility index (Phi) is 8.62. The van der Waals surface area contributed by atoms with Gasteiger partial charge in [-0.05, 0) is 70.6 Å². The van der Waals surface area contributed by atoms with Crippen molar-refractivity contribution < 1.29 is 17.6 Å². The SMILES string of the molecule is C=C(NCC1=NC(c2cc3c(NC4=CCN(C)CC4(F)SC)cccc3n2CC(F)(F)F)=NC1)c1ccn(C2(CN(C)C)CC2)c1. The average Bonchev–Trinajstić information content (AvgIpc) is 3.34. The number of hydrogen-bond acceptors (Lipinski definition) is 7. The minimum absolute atomic E-state index is 0.137. The van der Waals surface area contributed by atoms with Gasteiger partial charge in [-0.2, -0.15) is 13.2 Å². The summed E-state index contributed by atoms with van der Waals surface area (Å²) in [5.41, 5.74) is 4.10. The Labute approximate surface area is 270 Å². The molecule has 2 aliphatic heterocycles. The molecule has 46 heavy (non-hydrogen) atoms. The molecule has 4 heterocycles. The largest absolute Gasteiger partial charge is 0.406 e. The Hall–Kier alpha value is -3.55. The number of nitrogens with zero attached hydrogens (tertiary/aromatic N) is 6. The lowest BCUT2D eigenvalue weighted by atomic mass is 10.1. The van der Waals surface area contributed by atoms with Crippen molar-refractivity contribution in [2.75, 3.05) is 65.4 Å². The number of anilines is 1. The number of alkyl halides is 4. The number of halogens is 4. The van der Waals surface area contributed by atoms with Gasteiger partial charge in [0.05, 0.1) is 41.2 Å². The Bertz CT molecular complexity index is 1730. The van der Waals surface area contributed by atoms with Gasteiger partial charge in [0, 0.05) is 54.4 Å². The third-order valence-corrected chi connectivity index (χ3v) is 9.79. The van der Waals surface area contributed by atoms with E-state index in [1.54, 1.807) is 36.6 Å². The molecule has 0 saturated heterocycles.